The van der Waals surface area contributed by atoms with Crippen LogP contribution in [-0.2, 0) is 16.0 Å². The Bertz CT molecular complexity index is 672. The van der Waals surface area contributed by atoms with Crippen LogP contribution in [0.25, 0.3) is 6.08 Å². The van der Waals surface area contributed by atoms with Gasteiger partial charge in [0.15, 0.2) is 0 Å². The summed E-state index contributed by atoms with van der Waals surface area (Å²) in [6.45, 7) is 3.29. The summed E-state index contributed by atoms with van der Waals surface area (Å²) >= 11 is 6.69. The van der Waals surface area contributed by atoms with Gasteiger partial charge in [0.05, 0.1) is 4.91 Å². The number of hydrogen-bond acceptors (Lipinski definition) is 5. The fourth-order valence-electron chi connectivity index (χ4n) is 2.74. The Morgan fingerprint density at radius 1 is 1.52 bits per heavy atom. The molecule has 2 heterocycles. The van der Waals surface area contributed by atoms with Gasteiger partial charge < -0.3 is 9.47 Å². The van der Waals surface area contributed by atoms with Crippen LogP contribution in [0, 0.1) is 0 Å². The molecule has 0 bridgehead atoms. The average molecular weight is 349 g/mol. The highest BCUT2D eigenvalue weighted by molar-refractivity contribution is 8.26. The molecule has 0 N–H and O–H groups in total. The number of ether oxygens (including phenoxy) is 2. The van der Waals surface area contributed by atoms with Gasteiger partial charge in [-0.3, -0.25) is 9.69 Å². The van der Waals surface area contributed by atoms with Crippen molar-refractivity contribution in [3.8, 4) is 5.75 Å². The first-order chi connectivity index (χ1) is 11.1. The first kappa shape index (κ1) is 16.5. The topological polar surface area (TPSA) is 38.8 Å². The fraction of sp³-hybridized carbons (Fsp3) is 0.412. The van der Waals surface area contributed by atoms with Gasteiger partial charge in [-0.15, -0.1) is 0 Å². The van der Waals surface area contributed by atoms with Crippen LogP contribution in [0.1, 0.15) is 24.5 Å². The van der Waals surface area contributed by atoms with Gasteiger partial charge in [-0.05, 0) is 42.7 Å². The molecule has 1 fully saturated rings. The summed E-state index contributed by atoms with van der Waals surface area (Å²) in [4.78, 5) is 14.8. The van der Waals surface area contributed by atoms with Gasteiger partial charge in [0.25, 0.3) is 5.91 Å². The van der Waals surface area contributed by atoms with E-state index in [1.54, 1.807) is 12.0 Å². The standard InChI is InChI=1S/C17H19NO3S2/c1-11-8-13-9-12(4-5-14(13)21-11)10-15-16(19)18(17(22)23-15)6-3-7-20-2/h4-5,9-11H,3,6-8H2,1-2H3. The molecule has 2 aliphatic rings. The Balaban J connectivity index is 1.74. The molecule has 1 aromatic carbocycles. The van der Waals surface area contributed by atoms with Crippen molar-refractivity contribution in [2.45, 2.75) is 25.9 Å². The lowest BCUT2D eigenvalue weighted by molar-refractivity contribution is -0.122. The predicted molar refractivity (Wildman–Crippen MR) is 96.6 cm³/mol. The Hall–Kier alpha value is -1.37. The molecule has 0 radical (unpaired) electrons. The lowest BCUT2D eigenvalue weighted by Crippen LogP contribution is -2.29. The molecule has 0 spiro atoms. The number of thiocarbonyl (C=S) groups is 1. The van der Waals surface area contributed by atoms with E-state index in [1.165, 1.54) is 17.3 Å². The second-order valence-corrected chi connectivity index (χ2v) is 7.36. The molecule has 0 saturated carbocycles. The third kappa shape index (κ3) is 3.59. The summed E-state index contributed by atoms with van der Waals surface area (Å²) in [7, 11) is 1.66. The van der Waals surface area contributed by atoms with E-state index in [2.05, 4.69) is 13.0 Å². The molecule has 0 aliphatic carbocycles. The van der Waals surface area contributed by atoms with Crippen LogP contribution in [0.3, 0.4) is 0 Å². The fourth-order valence-corrected chi connectivity index (χ4v) is 4.05. The number of carbonyl (C=O) groups is 1. The predicted octanol–water partition coefficient (Wildman–Crippen LogP) is 3.25. The van der Waals surface area contributed by atoms with Crippen LogP contribution in [0.4, 0.5) is 0 Å². The summed E-state index contributed by atoms with van der Waals surface area (Å²) in [6.07, 6.45) is 3.83. The van der Waals surface area contributed by atoms with E-state index < -0.39 is 0 Å². The van der Waals surface area contributed by atoms with Gasteiger partial charge in [0, 0.05) is 26.7 Å². The third-order valence-electron chi connectivity index (χ3n) is 3.82. The molecule has 1 amide bonds. The van der Waals surface area contributed by atoms with Crippen LogP contribution in [0.5, 0.6) is 5.75 Å². The summed E-state index contributed by atoms with van der Waals surface area (Å²) in [6, 6.07) is 6.05. The maximum atomic E-state index is 12.5. The second-order valence-electron chi connectivity index (χ2n) is 5.68. The molecule has 1 saturated heterocycles. The van der Waals surface area contributed by atoms with Crippen molar-refractivity contribution in [2.24, 2.45) is 0 Å². The number of amides is 1. The molecular weight excluding hydrogens is 330 g/mol. The molecule has 4 nitrogen and oxygen atoms in total. The van der Waals surface area contributed by atoms with E-state index in [0.29, 0.717) is 22.4 Å². The van der Waals surface area contributed by atoms with Crippen LogP contribution in [0.2, 0.25) is 0 Å². The van der Waals surface area contributed by atoms with Crippen molar-refractivity contribution in [1.29, 1.82) is 0 Å². The van der Waals surface area contributed by atoms with Gasteiger partial charge in [0.2, 0.25) is 0 Å². The van der Waals surface area contributed by atoms with Crippen LogP contribution < -0.4 is 4.74 Å². The number of benzene rings is 1. The van der Waals surface area contributed by atoms with Gasteiger partial charge in [-0.1, -0.05) is 30.0 Å². The van der Waals surface area contributed by atoms with Crippen LogP contribution in [0.15, 0.2) is 23.1 Å². The van der Waals surface area contributed by atoms with Crippen molar-refractivity contribution in [3.63, 3.8) is 0 Å². The number of fused-ring (bicyclic) bond motifs is 1. The summed E-state index contributed by atoms with van der Waals surface area (Å²) in [5.41, 5.74) is 2.21. The Labute approximate surface area is 145 Å². The highest BCUT2D eigenvalue weighted by atomic mass is 32.2. The highest BCUT2D eigenvalue weighted by Crippen LogP contribution is 2.34. The Morgan fingerprint density at radius 2 is 2.35 bits per heavy atom. The lowest BCUT2D eigenvalue weighted by atomic mass is 10.1. The van der Waals surface area contributed by atoms with E-state index in [0.717, 1.165) is 24.2 Å². The number of carbonyl (C=O) groups excluding carboxylic acids is 1. The number of hydrogen-bond donors (Lipinski definition) is 0. The number of nitrogens with zero attached hydrogens (tertiary/aromatic N) is 1. The largest absolute Gasteiger partial charge is 0.490 e. The van der Waals surface area contributed by atoms with E-state index in [-0.39, 0.29) is 12.0 Å². The van der Waals surface area contributed by atoms with Crippen molar-refractivity contribution >= 4 is 40.3 Å². The quantitative estimate of drug-likeness (QED) is 0.463. The molecule has 122 valence electrons. The van der Waals surface area contributed by atoms with E-state index >= 15 is 0 Å². The van der Waals surface area contributed by atoms with E-state index in [1.807, 2.05) is 18.2 Å². The first-order valence-electron chi connectivity index (χ1n) is 7.62. The van der Waals surface area contributed by atoms with Crippen molar-refractivity contribution < 1.29 is 14.3 Å². The molecule has 1 aromatic rings. The smallest absolute Gasteiger partial charge is 0.266 e. The normalized spacial score (nSPS) is 21.9. The summed E-state index contributed by atoms with van der Waals surface area (Å²) in [5.74, 6) is 0.933. The zero-order valence-corrected chi connectivity index (χ0v) is 14.8. The zero-order chi connectivity index (χ0) is 16.4. The van der Waals surface area contributed by atoms with E-state index in [9.17, 15) is 4.79 Å². The lowest BCUT2D eigenvalue weighted by Gasteiger charge is -2.13. The molecule has 1 atom stereocenters. The molecule has 1 unspecified atom stereocenters. The summed E-state index contributed by atoms with van der Waals surface area (Å²) in [5, 5.41) is 0. The molecule has 6 heteroatoms. The van der Waals surface area contributed by atoms with Gasteiger partial charge >= 0.3 is 0 Å². The molecular formula is C17H19NO3S2. The van der Waals surface area contributed by atoms with Crippen molar-refractivity contribution in [3.05, 3.63) is 34.2 Å². The minimum atomic E-state index is -0.0128. The van der Waals surface area contributed by atoms with Crippen molar-refractivity contribution in [1.82, 2.24) is 4.90 Å². The van der Waals surface area contributed by atoms with Gasteiger partial charge in [-0.2, -0.15) is 0 Å². The minimum Gasteiger partial charge on any atom is -0.490 e. The maximum absolute atomic E-state index is 12.5. The molecule has 23 heavy (non-hydrogen) atoms. The third-order valence-corrected chi connectivity index (χ3v) is 5.20. The second kappa shape index (κ2) is 7.03. The first-order valence-corrected chi connectivity index (χ1v) is 8.85. The molecule has 0 aromatic heterocycles. The van der Waals surface area contributed by atoms with Gasteiger partial charge in [0.1, 0.15) is 16.2 Å². The average Bonchev–Trinajstić information content (AvgIpc) is 3.00. The van der Waals surface area contributed by atoms with Gasteiger partial charge in [-0.25, -0.2) is 0 Å². The van der Waals surface area contributed by atoms with Crippen molar-refractivity contribution in [2.75, 3.05) is 20.3 Å². The number of thioether (sulfide) groups is 1. The van der Waals surface area contributed by atoms with Crippen LogP contribution >= 0.6 is 24.0 Å². The van der Waals surface area contributed by atoms with E-state index in [4.69, 9.17) is 21.7 Å². The SMILES string of the molecule is COCCCN1C(=O)C(=Cc2ccc3c(c2)CC(C)O3)SC1=S. The zero-order valence-electron chi connectivity index (χ0n) is 13.2. The molecule has 2 aliphatic heterocycles. The van der Waals surface area contributed by atoms with Crippen LogP contribution in [-0.4, -0.2) is 41.5 Å². The Kier molecular flexibility index (Phi) is 5.04. The monoisotopic (exact) mass is 349 g/mol. The maximum Gasteiger partial charge on any atom is 0.266 e. The number of methoxy groups -OCH3 is 1. The highest BCUT2D eigenvalue weighted by Gasteiger charge is 2.31. The Morgan fingerprint density at radius 3 is 3.13 bits per heavy atom. The summed E-state index contributed by atoms with van der Waals surface area (Å²) < 4.78 is 11.4. The molecule has 3 rings (SSSR count). The minimum absolute atomic E-state index is 0.0128. The number of rotatable bonds is 5.